The average Bonchev–Trinajstić information content (AvgIpc) is 2.46. The van der Waals surface area contributed by atoms with Crippen LogP contribution in [0.2, 0.25) is 0 Å². The van der Waals surface area contributed by atoms with Gasteiger partial charge in [0, 0.05) is 25.8 Å². The fourth-order valence-electron chi connectivity index (χ4n) is 1.77. The van der Waals surface area contributed by atoms with Crippen molar-refractivity contribution < 1.29 is 5.11 Å². The van der Waals surface area contributed by atoms with Crippen LogP contribution < -0.4 is 0 Å². The van der Waals surface area contributed by atoms with Crippen molar-refractivity contribution in [1.29, 1.82) is 0 Å². The van der Waals surface area contributed by atoms with Gasteiger partial charge in [-0.2, -0.15) is 0 Å². The van der Waals surface area contributed by atoms with Gasteiger partial charge in [-0.05, 0) is 14.0 Å². The van der Waals surface area contributed by atoms with Gasteiger partial charge in [-0.3, -0.25) is 4.90 Å². The summed E-state index contributed by atoms with van der Waals surface area (Å²) in [5.41, 5.74) is 1.20. The molecule has 0 fully saturated rings. The standard InChI is InChI=1S/C9H15N3O/c1-7(13)9-10-5-8-6-11(2)3-4-12(8)9/h5,7,13H,3-4,6H2,1-2H3. The number of hydrogen-bond donors (Lipinski definition) is 1. The Kier molecular flexibility index (Phi) is 2.09. The highest BCUT2D eigenvalue weighted by Crippen LogP contribution is 2.17. The second-order valence-corrected chi connectivity index (χ2v) is 3.67. The third-order valence-corrected chi connectivity index (χ3v) is 2.48. The molecule has 1 aromatic rings. The van der Waals surface area contributed by atoms with Crippen LogP contribution in [-0.2, 0) is 13.1 Å². The Hall–Kier alpha value is -0.870. The first-order valence-corrected chi connectivity index (χ1v) is 4.59. The topological polar surface area (TPSA) is 41.3 Å². The Morgan fingerprint density at radius 1 is 1.54 bits per heavy atom. The molecule has 0 aliphatic carbocycles. The van der Waals surface area contributed by atoms with Crippen LogP contribution in [0.25, 0.3) is 0 Å². The van der Waals surface area contributed by atoms with E-state index in [1.807, 2.05) is 6.20 Å². The number of aliphatic hydroxyl groups is 1. The molecule has 4 nitrogen and oxygen atoms in total. The van der Waals surface area contributed by atoms with Gasteiger partial charge in [0.2, 0.25) is 0 Å². The monoisotopic (exact) mass is 181 g/mol. The molecule has 4 heteroatoms. The van der Waals surface area contributed by atoms with Gasteiger partial charge in [0.15, 0.2) is 0 Å². The Morgan fingerprint density at radius 2 is 2.31 bits per heavy atom. The van der Waals surface area contributed by atoms with Crippen LogP contribution in [-0.4, -0.2) is 33.1 Å². The Balaban J connectivity index is 2.33. The highest BCUT2D eigenvalue weighted by atomic mass is 16.3. The summed E-state index contributed by atoms with van der Waals surface area (Å²) in [6, 6.07) is 0. The van der Waals surface area contributed by atoms with Crippen LogP contribution in [0.1, 0.15) is 24.5 Å². The quantitative estimate of drug-likeness (QED) is 0.681. The van der Waals surface area contributed by atoms with Gasteiger partial charge in [-0.25, -0.2) is 4.98 Å². The van der Waals surface area contributed by atoms with Gasteiger partial charge >= 0.3 is 0 Å². The zero-order valence-electron chi connectivity index (χ0n) is 8.06. The third-order valence-electron chi connectivity index (χ3n) is 2.48. The van der Waals surface area contributed by atoms with Crippen LogP contribution in [0.4, 0.5) is 0 Å². The first kappa shape index (κ1) is 8.72. The molecule has 0 aromatic carbocycles. The minimum Gasteiger partial charge on any atom is -0.385 e. The lowest BCUT2D eigenvalue weighted by molar-refractivity contribution is 0.176. The van der Waals surface area contributed by atoms with Gasteiger partial charge in [0.05, 0.1) is 5.69 Å². The van der Waals surface area contributed by atoms with Crippen molar-refractivity contribution in [2.45, 2.75) is 26.1 Å². The summed E-state index contributed by atoms with van der Waals surface area (Å²) < 4.78 is 2.12. The summed E-state index contributed by atoms with van der Waals surface area (Å²) >= 11 is 0. The minimum absolute atomic E-state index is 0.461. The summed E-state index contributed by atoms with van der Waals surface area (Å²) in [6.07, 6.45) is 1.40. The summed E-state index contributed by atoms with van der Waals surface area (Å²) in [4.78, 5) is 6.47. The lowest BCUT2D eigenvalue weighted by Gasteiger charge is -2.25. The first-order chi connectivity index (χ1) is 6.18. The van der Waals surface area contributed by atoms with Gasteiger partial charge in [0.25, 0.3) is 0 Å². The van der Waals surface area contributed by atoms with Gasteiger partial charge in [-0.1, -0.05) is 0 Å². The van der Waals surface area contributed by atoms with Crippen LogP contribution in [0, 0.1) is 0 Å². The molecule has 1 N–H and O–H groups in total. The predicted molar refractivity (Wildman–Crippen MR) is 49.2 cm³/mol. The molecule has 1 aliphatic rings. The van der Waals surface area contributed by atoms with E-state index in [4.69, 9.17) is 0 Å². The van der Waals surface area contributed by atoms with Crippen molar-refractivity contribution in [3.63, 3.8) is 0 Å². The number of imidazole rings is 1. The molecule has 2 rings (SSSR count). The number of aromatic nitrogens is 2. The molecule has 1 aliphatic heterocycles. The fraction of sp³-hybridized carbons (Fsp3) is 0.667. The minimum atomic E-state index is -0.461. The molecule has 1 atom stereocenters. The average molecular weight is 181 g/mol. The molecule has 0 saturated heterocycles. The molecular weight excluding hydrogens is 166 g/mol. The molecule has 0 radical (unpaired) electrons. The Morgan fingerprint density at radius 3 is 3.00 bits per heavy atom. The Bertz CT molecular complexity index is 306. The number of aliphatic hydroxyl groups excluding tert-OH is 1. The molecule has 0 saturated carbocycles. The van der Waals surface area contributed by atoms with Crippen LogP contribution in [0.15, 0.2) is 6.20 Å². The molecule has 0 bridgehead atoms. The van der Waals surface area contributed by atoms with Crippen molar-refractivity contribution >= 4 is 0 Å². The third kappa shape index (κ3) is 1.47. The van der Waals surface area contributed by atoms with Gasteiger partial charge < -0.3 is 9.67 Å². The molecule has 0 spiro atoms. The molecule has 72 valence electrons. The first-order valence-electron chi connectivity index (χ1n) is 4.59. The highest BCUT2D eigenvalue weighted by Gasteiger charge is 2.18. The van der Waals surface area contributed by atoms with E-state index in [2.05, 4.69) is 21.5 Å². The zero-order chi connectivity index (χ0) is 9.42. The van der Waals surface area contributed by atoms with E-state index >= 15 is 0 Å². The van der Waals surface area contributed by atoms with E-state index in [1.54, 1.807) is 6.92 Å². The zero-order valence-corrected chi connectivity index (χ0v) is 8.06. The smallest absolute Gasteiger partial charge is 0.137 e. The van der Waals surface area contributed by atoms with Gasteiger partial charge in [-0.15, -0.1) is 0 Å². The highest BCUT2D eigenvalue weighted by molar-refractivity contribution is 5.09. The second kappa shape index (κ2) is 3.12. The van der Waals surface area contributed by atoms with Gasteiger partial charge in [0.1, 0.15) is 11.9 Å². The number of likely N-dealkylation sites (N-methyl/N-ethyl adjacent to an activating group) is 1. The SMILES string of the molecule is CC(O)c1ncc2n1CCN(C)C2. The molecule has 13 heavy (non-hydrogen) atoms. The van der Waals surface area contributed by atoms with Crippen molar-refractivity contribution in [2.24, 2.45) is 0 Å². The maximum atomic E-state index is 9.44. The predicted octanol–water partition coefficient (Wildman–Crippen LogP) is 0.382. The normalized spacial score (nSPS) is 19.9. The molecule has 2 heterocycles. The summed E-state index contributed by atoms with van der Waals surface area (Å²) in [5.74, 6) is 0.795. The van der Waals surface area contributed by atoms with Crippen LogP contribution in [0.3, 0.4) is 0 Å². The summed E-state index contributed by atoms with van der Waals surface area (Å²) in [7, 11) is 2.10. The van der Waals surface area contributed by atoms with Crippen molar-refractivity contribution in [1.82, 2.24) is 14.5 Å². The fourth-order valence-corrected chi connectivity index (χ4v) is 1.77. The van der Waals surface area contributed by atoms with Crippen molar-refractivity contribution in [3.8, 4) is 0 Å². The molecule has 0 amide bonds. The van der Waals surface area contributed by atoms with Crippen LogP contribution in [0.5, 0.6) is 0 Å². The molecular formula is C9H15N3O. The van der Waals surface area contributed by atoms with E-state index in [-0.39, 0.29) is 0 Å². The largest absolute Gasteiger partial charge is 0.385 e. The number of hydrogen-bond acceptors (Lipinski definition) is 3. The maximum absolute atomic E-state index is 9.44. The second-order valence-electron chi connectivity index (χ2n) is 3.67. The number of nitrogens with zero attached hydrogens (tertiary/aromatic N) is 3. The summed E-state index contributed by atoms with van der Waals surface area (Å²) in [5, 5.41) is 9.44. The number of rotatable bonds is 1. The molecule has 1 unspecified atom stereocenters. The van der Waals surface area contributed by atoms with Crippen LogP contribution >= 0.6 is 0 Å². The summed E-state index contributed by atoms with van der Waals surface area (Å²) in [6.45, 7) is 4.66. The van der Waals surface area contributed by atoms with Crippen molar-refractivity contribution in [2.75, 3.05) is 13.6 Å². The Labute approximate surface area is 77.8 Å². The van der Waals surface area contributed by atoms with E-state index in [1.165, 1.54) is 5.69 Å². The van der Waals surface area contributed by atoms with Crippen molar-refractivity contribution in [3.05, 3.63) is 17.7 Å². The lowest BCUT2D eigenvalue weighted by Crippen LogP contribution is -2.31. The van der Waals surface area contributed by atoms with E-state index in [0.717, 1.165) is 25.5 Å². The van der Waals surface area contributed by atoms with E-state index in [0.29, 0.717) is 0 Å². The molecule has 1 aromatic heterocycles. The number of fused-ring (bicyclic) bond motifs is 1. The lowest BCUT2D eigenvalue weighted by atomic mass is 10.3. The maximum Gasteiger partial charge on any atom is 0.137 e. The van der Waals surface area contributed by atoms with E-state index < -0.39 is 6.10 Å². The van der Waals surface area contributed by atoms with E-state index in [9.17, 15) is 5.11 Å².